The van der Waals surface area contributed by atoms with E-state index in [2.05, 4.69) is 12.2 Å². The maximum Gasteiger partial charge on any atom is 0.254 e. The van der Waals surface area contributed by atoms with Gasteiger partial charge in [0.25, 0.3) is 5.91 Å². The summed E-state index contributed by atoms with van der Waals surface area (Å²) >= 11 is 0. The maximum atomic E-state index is 12.4. The largest absolute Gasteiger partial charge is 0.486 e. The van der Waals surface area contributed by atoms with Crippen LogP contribution in [-0.2, 0) is 0 Å². The van der Waals surface area contributed by atoms with Crippen molar-refractivity contribution in [2.75, 3.05) is 32.8 Å². The number of carbonyl (C=O) groups excluding carboxylic acids is 1. The summed E-state index contributed by atoms with van der Waals surface area (Å²) in [5.74, 6) is 1.45. The zero-order valence-electron chi connectivity index (χ0n) is 11.4. The summed E-state index contributed by atoms with van der Waals surface area (Å²) in [5.41, 5.74) is 0.665. The SMILES string of the molecule is C[C@H]1CN(C(=O)c2ccc3c(c2)OCCO3)CCN1.Cl. The highest BCUT2D eigenvalue weighted by molar-refractivity contribution is 5.95. The van der Waals surface area contributed by atoms with Gasteiger partial charge in [-0.25, -0.2) is 0 Å². The van der Waals surface area contributed by atoms with E-state index in [4.69, 9.17) is 9.47 Å². The predicted octanol–water partition coefficient (Wildman–Crippen LogP) is 1.31. The second kappa shape index (κ2) is 6.33. The van der Waals surface area contributed by atoms with Crippen LogP contribution in [-0.4, -0.2) is 49.7 Å². The maximum absolute atomic E-state index is 12.4. The lowest BCUT2D eigenvalue weighted by Crippen LogP contribution is -2.51. The number of rotatable bonds is 1. The summed E-state index contributed by atoms with van der Waals surface area (Å²) in [4.78, 5) is 14.3. The number of carbonyl (C=O) groups is 1. The van der Waals surface area contributed by atoms with Crippen LogP contribution in [0.25, 0.3) is 0 Å². The number of amides is 1. The molecule has 1 saturated heterocycles. The quantitative estimate of drug-likeness (QED) is 0.849. The Morgan fingerprint density at radius 1 is 1.30 bits per heavy atom. The second-order valence-electron chi connectivity index (χ2n) is 4.96. The third-order valence-electron chi connectivity index (χ3n) is 3.45. The van der Waals surface area contributed by atoms with Gasteiger partial charge in [-0.15, -0.1) is 12.4 Å². The lowest BCUT2D eigenvalue weighted by Gasteiger charge is -2.32. The highest BCUT2D eigenvalue weighted by atomic mass is 35.5. The molecule has 1 fully saturated rings. The van der Waals surface area contributed by atoms with Crippen LogP contribution in [0.5, 0.6) is 11.5 Å². The number of nitrogens with zero attached hydrogens (tertiary/aromatic N) is 1. The summed E-state index contributed by atoms with van der Waals surface area (Å²) < 4.78 is 11.0. The van der Waals surface area contributed by atoms with Gasteiger partial charge < -0.3 is 19.7 Å². The number of fused-ring (bicyclic) bond motifs is 1. The highest BCUT2D eigenvalue weighted by Crippen LogP contribution is 2.31. The zero-order chi connectivity index (χ0) is 13.2. The summed E-state index contributed by atoms with van der Waals surface area (Å²) in [6.45, 7) is 5.52. The topological polar surface area (TPSA) is 50.8 Å². The fourth-order valence-electron chi connectivity index (χ4n) is 2.48. The summed E-state index contributed by atoms with van der Waals surface area (Å²) in [7, 11) is 0. The molecule has 110 valence electrons. The van der Waals surface area contributed by atoms with E-state index in [1.807, 2.05) is 17.0 Å². The summed E-state index contributed by atoms with van der Waals surface area (Å²) in [6, 6.07) is 5.74. The minimum atomic E-state index is 0. The van der Waals surface area contributed by atoms with Gasteiger partial charge in [-0.2, -0.15) is 0 Å². The van der Waals surface area contributed by atoms with Crippen LogP contribution in [0.4, 0.5) is 0 Å². The first kappa shape index (κ1) is 14.9. The number of ether oxygens (including phenoxy) is 2. The molecule has 0 bridgehead atoms. The molecule has 3 rings (SSSR count). The molecule has 20 heavy (non-hydrogen) atoms. The van der Waals surface area contributed by atoms with Crippen LogP contribution < -0.4 is 14.8 Å². The van der Waals surface area contributed by atoms with Crippen molar-refractivity contribution in [1.29, 1.82) is 0 Å². The van der Waals surface area contributed by atoms with Gasteiger partial charge in [0, 0.05) is 31.2 Å². The van der Waals surface area contributed by atoms with E-state index in [0.717, 1.165) is 25.4 Å². The summed E-state index contributed by atoms with van der Waals surface area (Å²) in [6.07, 6.45) is 0. The van der Waals surface area contributed by atoms with Crippen molar-refractivity contribution >= 4 is 18.3 Å². The molecule has 0 saturated carbocycles. The van der Waals surface area contributed by atoms with Gasteiger partial charge in [0.2, 0.25) is 0 Å². The molecule has 1 atom stereocenters. The Morgan fingerprint density at radius 3 is 2.80 bits per heavy atom. The molecular formula is C14H19ClN2O3. The first-order chi connectivity index (χ1) is 9.24. The van der Waals surface area contributed by atoms with Crippen LogP contribution >= 0.6 is 12.4 Å². The van der Waals surface area contributed by atoms with Crippen molar-refractivity contribution in [2.45, 2.75) is 13.0 Å². The smallest absolute Gasteiger partial charge is 0.254 e. The Kier molecular flexibility index (Phi) is 4.73. The molecule has 2 aliphatic heterocycles. The fourth-order valence-corrected chi connectivity index (χ4v) is 2.48. The number of hydrogen-bond acceptors (Lipinski definition) is 4. The van der Waals surface area contributed by atoms with Crippen LogP contribution in [0.2, 0.25) is 0 Å². The van der Waals surface area contributed by atoms with E-state index in [1.54, 1.807) is 6.07 Å². The molecule has 0 spiro atoms. The molecule has 1 aromatic rings. The van der Waals surface area contributed by atoms with Crippen molar-refractivity contribution in [1.82, 2.24) is 10.2 Å². The average molecular weight is 299 g/mol. The van der Waals surface area contributed by atoms with E-state index in [-0.39, 0.29) is 18.3 Å². The number of piperazine rings is 1. The van der Waals surface area contributed by atoms with Crippen molar-refractivity contribution in [3.05, 3.63) is 23.8 Å². The van der Waals surface area contributed by atoms with E-state index >= 15 is 0 Å². The van der Waals surface area contributed by atoms with Gasteiger partial charge in [0.1, 0.15) is 13.2 Å². The van der Waals surface area contributed by atoms with Crippen molar-refractivity contribution < 1.29 is 14.3 Å². The third kappa shape index (κ3) is 2.99. The minimum absolute atomic E-state index is 0. The molecule has 5 nitrogen and oxygen atoms in total. The van der Waals surface area contributed by atoms with E-state index in [1.165, 1.54) is 0 Å². The third-order valence-corrected chi connectivity index (χ3v) is 3.45. The first-order valence-corrected chi connectivity index (χ1v) is 6.66. The highest BCUT2D eigenvalue weighted by Gasteiger charge is 2.23. The van der Waals surface area contributed by atoms with Crippen LogP contribution in [0.15, 0.2) is 18.2 Å². The van der Waals surface area contributed by atoms with Crippen LogP contribution in [0.3, 0.4) is 0 Å². The standard InChI is InChI=1S/C14H18N2O3.ClH/c1-10-9-16(5-4-15-10)14(17)11-2-3-12-13(8-11)19-7-6-18-12;/h2-3,8,10,15H,4-7,9H2,1H3;1H/t10-;/m0./s1. The monoisotopic (exact) mass is 298 g/mol. The second-order valence-corrected chi connectivity index (χ2v) is 4.96. The zero-order valence-corrected chi connectivity index (χ0v) is 12.2. The fraction of sp³-hybridized carbons (Fsp3) is 0.500. The van der Waals surface area contributed by atoms with Gasteiger partial charge in [-0.05, 0) is 25.1 Å². The van der Waals surface area contributed by atoms with Gasteiger partial charge in [0.15, 0.2) is 11.5 Å². The molecule has 1 amide bonds. The molecule has 0 radical (unpaired) electrons. The number of benzene rings is 1. The molecule has 1 aromatic carbocycles. The molecule has 2 heterocycles. The first-order valence-electron chi connectivity index (χ1n) is 6.66. The van der Waals surface area contributed by atoms with Crippen molar-refractivity contribution in [3.8, 4) is 11.5 Å². The van der Waals surface area contributed by atoms with Crippen molar-refractivity contribution in [3.63, 3.8) is 0 Å². The Balaban J connectivity index is 0.00000147. The molecular weight excluding hydrogens is 280 g/mol. The number of nitrogens with one attached hydrogen (secondary N) is 1. The summed E-state index contributed by atoms with van der Waals surface area (Å²) in [5, 5.41) is 3.33. The molecule has 0 aromatic heterocycles. The number of hydrogen-bond donors (Lipinski definition) is 1. The molecule has 1 N–H and O–H groups in total. The van der Waals surface area contributed by atoms with Crippen LogP contribution in [0.1, 0.15) is 17.3 Å². The lowest BCUT2D eigenvalue weighted by molar-refractivity contribution is 0.0708. The Hall–Kier alpha value is -1.46. The lowest BCUT2D eigenvalue weighted by atomic mass is 10.1. The average Bonchev–Trinajstić information content (AvgIpc) is 2.46. The molecule has 6 heteroatoms. The minimum Gasteiger partial charge on any atom is -0.486 e. The Morgan fingerprint density at radius 2 is 2.05 bits per heavy atom. The molecule has 0 unspecified atom stereocenters. The Bertz CT molecular complexity index is 495. The van der Waals surface area contributed by atoms with Gasteiger partial charge in [-0.1, -0.05) is 0 Å². The van der Waals surface area contributed by atoms with Gasteiger partial charge in [-0.3, -0.25) is 4.79 Å². The predicted molar refractivity (Wildman–Crippen MR) is 78.0 cm³/mol. The number of halogens is 1. The van der Waals surface area contributed by atoms with Gasteiger partial charge >= 0.3 is 0 Å². The van der Waals surface area contributed by atoms with Crippen molar-refractivity contribution in [2.24, 2.45) is 0 Å². The van der Waals surface area contributed by atoms with Crippen LogP contribution in [0, 0.1) is 0 Å². The van der Waals surface area contributed by atoms with E-state index < -0.39 is 0 Å². The normalized spacial score (nSPS) is 21.1. The molecule has 2 aliphatic rings. The Labute approximate surface area is 124 Å². The van der Waals surface area contributed by atoms with E-state index in [0.29, 0.717) is 30.6 Å². The molecule has 0 aliphatic carbocycles. The van der Waals surface area contributed by atoms with E-state index in [9.17, 15) is 4.79 Å². The van der Waals surface area contributed by atoms with Gasteiger partial charge in [0.05, 0.1) is 0 Å².